The van der Waals surface area contributed by atoms with Gasteiger partial charge in [0.15, 0.2) is 6.10 Å². The summed E-state index contributed by atoms with van der Waals surface area (Å²) in [5.41, 5.74) is 1.46. The fourth-order valence-corrected chi connectivity index (χ4v) is 2.04. The van der Waals surface area contributed by atoms with Gasteiger partial charge in [-0.05, 0) is 38.1 Å². The minimum Gasteiger partial charge on any atom is -0.451 e. The number of esters is 1. The summed E-state index contributed by atoms with van der Waals surface area (Å²) in [5, 5.41) is 5.38. The molecule has 0 unspecified atom stereocenters. The maximum absolute atomic E-state index is 12.0. The van der Waals surface area contributed by atoms with Crippen molar-refractivity contribution in [3.8, 4) is 0 Å². The van der Waals surface area contributed by atoms with Crippen LogP contribution < -0.4 is 10.6 Å². The molecule has 7 nitrogen and oxygen atoms in total. The van der Waals surface area contributed by atoms with Crippen molar-refractivity contribution in [1.29, 1.82) is 0 Å². The van der Waals surface area contributed by atoms with E-state index in [0.717, 1.165) is 5.56 Å². The molecule has 1 aromatic carbocycles. The molecule has 2 N–H and O–H groups in total. The zero-order valence-electron chi connectivity index (χ0n) is 14.3. The Balaban J connectivity index is 1.79. The molecule has 136 valence electrons. The van der Waals surface area contributed by atoms with E-state index in [1.165, 1.54) is 19.2 Å². The van der Waals surface area contributed by atoms with E-state index in [0.29, 0.717) is 10.6 Å². The Morgan fingerprint density at radius 2 is 1.85 bits per heavy atom. The number of aromatic nitrogens is 1. The van der Waals surface area contributed by atoms with Crippen LogP contribution >= 0.6 is 11.6 Å². The van der Waals surface area contributed by atoms with Gasteiger partial charge in [0, 0.05) is 11.8 Å². The van der Waals surface area contributed by atoms with Crippen LogP contribution in [0.3, 0.4) is 0 Å². The number of aryl methyl sites for hydroxylation is 1. The van der Waals surface area contributed by atoms with Crippen LogP contribution in [0.1, 0.15) is 22.8 Å². The van der Waals surface area contributed by atoms with E-state index in [-0.39, 0.29) is 12.4 Å². The van der Waals surface area contributed by atoms with Crippen LogP contribution in [0.15, 0.2) is 42.6 Å². The van der Waals surface area contributed by atoms with Crippen molar-refractivity contribution in [2.45, 2.75) is 20.0 Å². The smallest absolute Gasteiger partial charge is 0.326 e. The summed E-state index contributed by atoms with van der Waals surface area (Å²) >= 11 is 5.71. The number of pyridine rings is 1. The van der Waals surface area contributed by atoms with Gasteiger partial charge in [-0.1, -0.05) is 29.3 Å². The summed E-state index contributed by atoms with van der Waals surface area (Å²) in [5.74, 6) is -1.38. The molecule has 1 aromatic heterocycles. The highest BCUT2D eigenvalue weighted by Gasteiger charge is 2.19. The molecule has 8 heteroatoms. The molecule has 0 aliphatic carbocycles. The van der Waals surface area contributed by atoms with E-state index < -0.39 is 23.9 Å². The second kappa shape index (κ2) is 8.96. The topological polar surface area (TPSA) is 97.4 Å². The summed E-state index contributed by atoms with van der Waals surface area (Å²) < 4.78 is 4.99. The third kappa shape index (κ3) is 5.86. The van der Waals surface area contributed by atoms with Crippen LogP contribution in [0.4, 0.5) is 5.82 Å². The molecule has 26 heavy (non-hydrogen) atoms. The van der Waals surface area contributed by atoms with E-state index in [2.05, 4.69) is 15.6 Å². The van der Waals surface area contributed by atoms with Crippen LogP contribution in [-0.2, 0) is 14.3 Å². The number of carbonyl (C=O) groups is 3. The third-order valence-electron chi connectivity index (χ3n) is 3.36. The predicted molar refractivity (Wildman–Crippen MR) is 96.9 cm³/mol. The zero-order chi connectivity index (χ0) is 19.1. The van der Waals surface area contributed by atoms with Crippen molar-refractivity contribution < 1.29 is 19.1 Å². The van der Waals surface area contributed by atoms with Gasteiger partial charge in [0.25, 0.3) is 11.8 Å². The maximum atomic E-state index is 12.0. The van der Waals surface area contributed by atoms with Gasteiger partial charge in [-0.25, -0.2) is 4.98 Å². The quantitative estimate of drug-likeness (QED) is 0.755. The summed E-state index contributed by atoms with van der Waals surface area (Å²) in [7, 11) is 0. The lowest BCUT2D eigenvalue weighted by molar-refractivity contribution is -0.152. The second-order valence-electron chi connectivity index (χ2n) is 5.53. The number of benzene rings is 1. The summed E-state index contributed by atoms with van der Waals surface area (Å²) in [6.45, 7) is 2.99. The molecule has 1 atom stereocenters. The van der Waals surface area contributed by atoms with Crippen molar-refractivity contribution in [3.63, 3.8) is 0 Å². The minimum atomic E-state index is -1.05. The summed E-state index contributed by atoms with van der Waals surface area (Å²) in [4.78, 5) is 39.6. The molecule has 0 aliphatic rings. The third-order valence-corrected chi connectivity index (χ3v) is 3.59. The largest absolute Gasteiger partial charge is 0.451 e. The SMILES string of the molecule is Cc1ccc(C(=O)NCC(=O)O[C@H](C)C(=O)Nc2ccc(Cl)cn2)cc1. The molecule has 1 heterocycles. The molecule has 0 radical (unpaired) electrons. The molecule has 0 fully saturated rings. The fourth-order valence-electron chi connectivity index (χ4n) is 1.93. The molecule has 2 aromatic rings. The van der Waals surface area contributed by atoms with Crippen LogP contribution in [-0.4, -0.2) is 35.4 Å². The van der Waals surface area contributed by atoms with Crippen LogP contribution in [0.5, 0.6) is 0 Å². The number of nitrogens with one attached hydrogen (secondary N) is 2. The van der Waals surface area contributed by atoms with Gasteiger partial charge in [0.05, 0.1) is 5.02 Å². The number of ether oxygens (including phenoxy) is 1. The van der Waals surface area contributed by atoms with Crippen LogP contribution in [0.2, 0.25) is 5.02 Å². The number of nitrogens with zero attached hydrogens (tertiary/aromatic N) is 1. The number of hydrogen-bond donors (Lipinski definition) is 2. The zero-order valence-corrected chi connectivity index (χ0v) is 15.0. The van der Waals surface area contributed by atoms with Gasteiger partial charge in [0.1, 0.15) is 12.4 Å². The Morgan fingerprint density at radius 1 is 1.15 bits per heavy atom. The Labute approximate surface area is 155 Å². The maximum Gasteiger partial charge on any atom is 0.326 e. The van der Waals surface area contributed by atoms with E-state index in [9.17, 15) is 14.4 Å². The number of carbonyl (C=O) groups excluding carboxylic acids is 3. The highest BCUT2D eigenvalue weighted by atomic mass is 35.5. The van der Waals surface area contributed by atoms with Crippen LogP contribution in [0.25, 0.3) is 0 Å². The van der Waals surface area contributed by atoms with Gasteiger partial charge in [-0.15, -0.1) is 0 Å². The highest BCUT2D eigenvalue weighted by molar-refractivity contribution is 6.30. The van der Waals surface area contributed by atoms with Gasteiger partial charge >= 0.3 is 5.97 Å². The van der Waals surface area contributed by atoms with Gasteiger partial charge in [-0.3, -0.25) is 14.4 Å². The van der Waals surface area contributed by atoms with E-state index in [4.69, 9.17) is 16.3 Å². The predicted octanol–water partition coefficient (Wildman–Crippen LogP) is 2.34. The molecular weight excluding hydrogens is 358 g/mol. The van der Waals surface area contributed by atoms with Crippen molar-refractivity contribution >= 4 is 35.2 Å². The monoisotopic (exact) mass is 375 g/mol. The number of hydrogen-bond acceptors (Lipinski definition) is 5. The Morgan fingerprint density at radius 3 is 2.46 bits per heavy atom. The Hall–Kier alpha value is -2.93. The average Bonchev–Trinajstić information content (AvgIpc) is 2.62. The molecule has 0 aliphatic heterocycles. The molecule has 0 saturated carbocycles. The lowest BCUT2D eigenvalue weighted by atomic mass is 10.1. The minimum absolute atomic E-state index is 0.287. The van der Waals surface area contributed by atoms with Gasteiger partial charge in [0.2, 0.25) is 0 Å². The second-order valence-corrected chi connectivity index (χ2v) is 5.97. The van der Waals surface area contributed by atoms with Crippen molar-refractivity contribution in [2.24, 2.45) is 0 Å². The molecular formula is C18H18ClN3O4. The normalized spacial score (nSPS) is 11.3. The van der Waals surface area contributed by atoms with Gasteiger partial charge in [-0.2, -0.15) is 0 Å². The lowest BCUT2D eigenvalue weighted by Gasteiger charge is -2.13. The average molecular weight is 376 g/mol. The number of anilines is 1. The molecule has 0 saturated heterocycles. The number of rotatable bonds is 6. The van der Waals surface area contributed by atoms with Gasteiger partial charge < -0.3 is 15.4 Å². The highest BCUT2D eigenvalue weighted by Crippen LogP contribution is 2.10. The first-order valence-electron chi connectivity index (χ1n) is 7.82. The van der Waals surface area contributed by atoms with Crippen molar-refractivity contribution in [2.75, 3.05) is 11.9 Å². The van der Waals surface area contributed by atoms with E-state index >= 15 is 0 Å². The molecule has 0 bridgehead atoms. The van der Waals surface area contributed by atoms with E-state index in [1.807, 2.05) is 6.92 Å². The first kappa shape index (κ1) is 19.4. The van der Waals surface area contributed by atoms with Crippen LogP contribution in [0, 0.1) is 6.92 Å². The number of amides is 2. The Kier molecular flexibility index (Phi) is 6.68. The van der Waals surface area contributed by atoms with E-state index in [1.54, 1.807) is 30.3 Å². The lowest BCUT2D eigenvalue weighted by Crippen LogP contribution is -2.36. The molecule has 2 rings (SSSR count). The molecule has 0 spiro atoms. The standard InChI is InChI=1S/C18H18ClN3O4/c1-11-3-5-13(6-4-11)18(25)21-10-16(23)26-12(2)17(24)22-15-8-7-14(19)9-20-15/h3-9,12H,10H2,1-2H3,(H,21,25)(H,20,22,24)/t12-/m1/s1. The number of halogens is 1. The van der Waals surface area contributed by atoms with Crippen molar-refractivity contribution in [3.05, 3.63) is 58.7 Å². The first-order valence-corrected chi connectivity index (χ1v) is 8.19. The van der Waals surface area contributed by atoms with Crippen molar-refractivity contribution in [1.82, 2.24) is 10.3 Å². The fraction of sp³-hybridized carbons (Fsp3) is 0.222. The Bertz CT molecular complexity index is 791. The summed E-state index contributed by atoms with van der Waals surface area (Å²) in [6.07, 6.45) is 0.338. The first-order chi connectivity index (χ1) is 12.3. The summed E-state index contributed by atoms with van der Waals surface area (Å²) in [6, 6.07) is 10.0. The molecule has 2 amide bonds.